The molecule has 3 rings (SSSR count). The van der Waals surface area contributed by atoms with Gasteiger partial charge in [-0.3, -0.25) is 9.78 Å². The number of nitrogens with zero attached hydrogens (tertiary/aromatic N) is 2. The number of carbonyl (C=O) groups is 1. The Balaban J connectivity index is 2.23. The Morgan fingerprint density at radius 2 is 2.03 bits per heavy atom. The highest BCUT2D eigenvalue weighted by molar-refractivity contribution is 6.30. The van der Waals surface area contributed by atoms with Crippen LogP contribution in [-0.2, 0) is 6.42 Å². The van der Waals surface area contributed by atoms with E-state index in [0.717, 1.165) is 0 Å². The molecule has 6 nitrogen and oxygen atoms in total. The normalized spacial score (nSPS) is 12.9. The maximum atomic E-state index is 14.3. The highest BCUT2D eigenvalue weighted by Gasteiger charge is 2.28. The van der Waals surface area contributed by atoms with Gasteiger partial charge in [0.25, 0.3) is 0 Å². The van der Waals surface area contributed by atoms with Gasteiger partial charge in [-0.25, -0.2) is 9.18 Å². The lowest BCUT2D eigenvalue weighted by Gasteiger charge is -2.32. The van der Waals surface area contributed by atoms with Crippen molar-refractivity contribution < 1.29 is 19.4 Å². The number of aromatic carboxylic acids is 1. The third-order valence-corrected chi connectivity index (χ3v) is 5.41. The van der Waals surface area contributed by atoms with E-state index in [0.29, 0.717) is 16.8 Å². The number of benzene rings is 1. The van der Waals surface area contributed by atoms with Gasteiger partial charge in [-0.2, -0.15) is 0 Å². The van der Waals surface area contributed by atoms with E-state index in [1.165, 1.54) is 24.5 Å². The second-order valence-electron chi connectivity index (χ2n) is 8.23. The van der Waals surface area contributed by atoms with Crippen LogP contribution in [0.4, 0.5) is 4.39 Å². The fourth-order valence-corrected chi connectivity index (χ4v) is 3.65. The topological polar surface area (TPSA) is 92.4 Å². The van der Waals surface area contributed by atoms with Crippen molar-refractivity contribution >= 4 is 28.5 Å². The molecule has 1 aromatic carbocycles. The molecule has 0 radical (unpaired) electrons. The lowest BCUT2D eigenvalue weighted by molar-refractivity contribution is 0.0692. The molecule has 30 heavy (non-hydrogen) atoms. The molecule has 0 unspecified atom stereocenters. The quantitative estimate of drug-likeness (QED) is 0.634. The van der Waals surface area contributed by atoms with Gasteiger partial charge in [-0.15, -0.1) is 0 Å². The van der Waals surface area contributed by atoms with E-state index in [1.807, 2.05) is 20.8 Å². The predicted octanol–water partition coefficient (Wildman–Crippen LogP) is 4.06. The molecule has 158 valence electrons. The van der Waals surface area contributed by atoms with Crippen LogP contribution >= 0.6 is 11.6 Å². The number of carboxylic acid groups (broad SMARTS) is 1. The second-order valence-corrected chi connectivity index (χ2v) is 8.64. The monoisotopic (exact) mass is 432 g/mol. The molecule has 8 heteroatoms. The molecule has 2 aromatic heterocycles. The van der Waals surface area contributed by atoms with Gasteiger partial charge in [0, 0.05) is 23.7 Å². The van der Waals surface area contributed by atoms with Crippen LogP contribution in [0.2, 0.25) is 5.02 Å². The molecule has 2 N–H and O–H groups in total. The summed E-state index contributed by atoms with van der Waals surface area (Å²) in [5.41, 5.74) is -0.381. The number of halogens is 2. The average Bonchev–Trinajstić information content (AvgIpc) is 2.66. The summed E-state index contributed by atoms with van der Waals surface area (Å²) in [6.07, 6.45) is 2.79. The molecule has 0 fully saturated rings. The van der Waals surface area contributed by atoms with Gasteiger partial charge in [0.1, 0.15) is 11.4 Å². The van der Waals surface area contributed by atoms with Gasteiger partial charge in [0.15, 0.2) is 0 Å². The second kappa shape index (κ2) is 8.16. The summed E-state index contributed by atoms with van der Waals surface area (Å²) >= 11 is 5.83. The molecular weight excluding hydrogens is 411 g/mol. The Bertz CT molecular complexity index is 1180. The molecule has 0 saturated heterocycles. The van der Waals surface area contributed by atoms with E-state index in [-0.39, 0.29) is 23.4 Å². The van der Waals surface area contributed by atoms with Crippen molar-refractivity contribution in [3.8, 4) is 0 Å². The Morgan fingerprint density at radius 1 is 1.33 bits per heavy atom. The Morgan fingerprint density at radius 3 is 2.63 bits per heavy atom. The molecule has 0 bridgehead atoms. The number of rotatable bonds is 5. The number of hydrogen-bond acceptors (Lipinski definition) is 4. The highest BCUT2D eigenvalue weighted by Crippen LogP contribution is 2.32. The molecule has 0 spiro atoms. The molecule has 1 atom stereocenters. The van der Waals surface area contributed by atoms with Crippen LogP contribution in [0.3, 0.4) is 0 Å². The number of fused-ring (bicyclic) bond motifs is 1. The summed E-state index contributed by atoms with van der Waals surface area (Å²) in [6, 6.07) is 5.61. The van der Waals surface area contributed by atoms with Crippen molar-refractivity contribution in [3.63, 3.8) is 0 Å². The van der Waals surface area contributed by atoms with Gasteiger partial charge in [-0.1, -0.05) is 44.5 Å². The first kappa shape index (κ1) is 21.9. The average molecular weight is 433 g/mol. The molecule has 3 aromatic rings. The third-order valence-electron chi connectivity index (χ3n) is 5.12. The van der Waals surface area contributed by atoms with Crippen molar-refractivity contribution in [2.24, 2.45) is 5.41 Å². The predicted molar refractivity (Wildman–Crippen MR) is 113 cm³/mol. The summed E-state index contributed by atoms with van der Waals surface area (Å²) < 4.78 is 15.8. The molecule has 0 aliphatic rings. The van der Waals surface area contributed by atoms with E-state index in [4.69, 9.17) is 11.6 Å². The number of hydrogen-bond donors (Lipinski definition) is 2. The van der Waals surface area contributed by atoms with Crippen molar-refractivity contribution in [1.82, 2.24) is 9.55 Å². The van der Waals surface area contributed by atoms with Crippen LogP contribution in [0.25, 0.3) is 10.9 Å². The SMILES string of the molecule is CC(C)(C)[C@@H](CO)n1cc(C(=O)O)c(=O)c2cc(Cc3cccc(Cl)c3F)ncc21. The molecule has 0 amide bonds. The van der Waals surface area contributed by atoms with E-state index in [9.17, 15) is 24.2 Å². The van der Waals surface area contributed by atoms with Crippen molar-refractivity contribution in [2.75, 3.05) is 6.61 Å². The molecule has 2 heterocycles. The first-order valence-electron chi connectivity index (χ1n) is 9.35. The number of carboxylic acids is 1. The standard InChI is InChI=1S/C22H22ClFN2O4/c1-22(2,3)18(11-27)26-10-15(21(29)30)20(28)14-8-13(25-9-17(14)26)7-12-5-4-6-16(23)19(12)24/h4-6,8-10,18,27H,7,11H2,1-3H3,(H,29,30)/t18-/m1/s1. The maximum Gasteiger partial charge on any atom is 0.341 e. The maximum absolute atomic E-state index is 14.3. The van der Waals surface area contributed by atoms with Crippen LogP contribution in [0, 0.1) is 11.2 Å². The van der Waals surface area contributed by atoms with Crippen LogP contribution in [0.5, 0.6) is 0 Å². The lowest BCUT2D eigenvalue weighted by Crippen LogP contribution is -2.30. The lowest BCUT2D eigenvalue weighted by atomic mass is 9.86. The highest BCUT2D eigenvalue weighted by atomic mass is 35.5. The molecule has 0 aliphatic heterocycles. The van der Waals surface area contributed by atoms with Crippen LogP contribution in [0.15, 0.2) is 41.5 Å². The van der Waals surface area contributed by atoms with Gasteiger partial charge < -0.3 is 14.8 Å². The minimum atomic E-state index is -1.36. The largest absolute Gasteiger partial charge is 0.477 e. The summed E-state index contributed by atoms with van der Waals surface area (Å²) in [7, 11) is 0. The number of pyridine rings is 2. The van der Waals surface area contributed by atoms with Gasteiger partial charge in [-0.05, 0) is 23.1 Å². The van der Waals surface area contributed by atoms with Crippen LogP contribution < -0.4 is 5.43 Å². The Hall–Kier alpha value is -2.77. The minimum Gasteiger partial charge on any atom is -0.477 e. The van der Waals surface area contributed by atoms with Crippen LogP contribution in [-0.4, -0.2) is 32.3 Å². The van der Waals surface area contributed by atoms with Crippen molar-refractivity contribution in [1.29, 1.82) is 0 Å². The molecule has 0 aliphatic carbocycles. The number of aliphatic hydroxyl groups is 1. The number of aliphatic hydroxyl groups excluding tert-OH is 1. The van der Waals surface area contributed by atoms with E-state index >= 15 is 0 Å². The Labute approximate surface area is 177 Å². The zero-order valence-electron chi connectivity index (χ0n) is 16.8. The molecular formula is C22H22ClFN2O4. The summed E-state index contributed by atoms with van der Waals surface area (Å²) in [6.45, 7) is 5.46. The summed E-state index contributed by atoms with van der Waals surface area (Å²) in [5.74, 6) is -1.92. The first-order chi connectivity index (χ1) is 14.0. The third kappa shape index (κ3) is 4.08. The van der Waals surface area contributed by atoms with Crippen molar-refractivity contribution in [2.45, 2.75) is 33.2 Å². The zero-order chi connectivity index (χ0) is 22.2. The fourth-order valence-electron chi connectivity index (χ4n) is 3.46. The first-order valence-corrected chi connectivity index (χ1v) is 9.73. The van der Waals surface area contributed by atoms with E-state index in [2.05, 4.69) is 4.98 Å². The van der Waals surface area contributed by atoms with Gasteiger partial charge in [0.2, 0.25) is 5.43 Å². The summed E-state index contributed by atoms with van der Waals surface area (Å²) in [5, 5.41) is 19.6. The van der Waals surface area contributed by atoms with E-state index in [1.54, 1.807) is 16.7 Å². The van der Waals surface area contributed by atoms with Gasteiger partial charge in [0.05, 0.1) is 29.4 Å². The summed E-state index contributed by atoms with van der Waals surface area (Å²) in [4.78, 5) is 28.9. The smallest absolute Gasteiger partial charge is 0.341 e. The van der Waals surface area contributed by atoms with E-state index < -0.39 is 34.2 Å². The molecule has 0 saturated carbocycles. The Kier molecular flexibility index (Phi) is 5.97. The number of aromatic nitrogens is 2. The van der Waals surface area contributed by atoms with Crippen LogP contribution in [0.1, 0.15) is 48.4 Å². The minimum absolute atomic E-state index is 0.0141. The zero-order valence-corrected chi connectivity index (χ0v) is 17.6. The van der Waals surface area contributed by atoms with Crippen molar-refractivity contribution in [3.05, 3.63) is 74.5 Å². The fraction of sp³-hybridized carbons (Fsp3) is 0.318. The van der Waals surface area contributed by atoms with Gasteiger partial charge >= 0.3 is 5.97 Å².